The molecular weight excluding hydrogens is 505 g/mol. The summed E-state index contributed by atoms with van der Waals surface area (Å²) >= 11 is 12.5. The molecule has 190 valence electrons. The first-order chi connectivity index (χ1) is 18.1. The molecule has 4 aromatic rings. The molecular formula is C28H29Cl2N7. The maximum absolute atomic E-state index is 6.46. The average molecular weight is 534 g/mol. The fraction of sp³-hybridized carbons (Fsp3) is 0.321. The van der Waals surface area contributed by atoms with Gasteiger partial charge in [-0.3, -0.25) is 5.43 Å². The Labute approximate surface area is 226 Å². The molecule has 6 rings (SSSR count). The summed E-state index contributed by atoms with van der Waals surface area (Å²) in [6, 6.07) is 15.9. The second-order valence-corrected chi connectivity index (χ2v) is 10.5. The van der Waals surface area contributed by atoms with Crippen molar-refractivity contribution in [1.82, 2.24) is 14.5 Å². The van der Waals surface area contributed by atoms with Gasteiger partial charge in [0.25, 0.3) is 0 Å². The number of hydrogen-bond acceptors (Lipinski definition) is 6. The van der Waals surface area contributed by atoms with Crippen molar-refractivity contribution in [3.05, 3.63) is 75.9 Å². The first-order valence-corrected chi connectivity index (χ1v) is 13.6. The molecule has 2 aromatic carbocycles. The van der Waals surface area contributed by atoms with Crippen LogP contribution in [-0.4, -0.2) is 46.9 Å². The molecule has 0 aliphatic carbocycles. The molecule has 4 heterocycles. The summed E-state index contributed by atoms with van der Waals surface area (Å²) in [6.45, 7) is 4.72. The molecule has 9 heteroatoms. The smallest absolute Gasteiger partial charge is 0.229 e. The second kappa shape index (κ2) is 10.6. The number of rotatable bonds is 7. The minimum absolute atomic E-state index is 0.635. The van der Waals surface area contributed by atoms with Gasteiger partial charge in [0.15, 0.2) is 5.82 Å². The Kier molecular flexibility index (Phi) is 6.89. The number of nitrogens with one attached hydrogen (secondary N) is 1. The lowest BCUT2D eigenvalue weighted by atomic mass is 10.2. The molecule has 0 bridgehead atoms. The van der Waals surface area contributed by atoms with E-state index >= 15 is 0 Å². The summed E-state index contributed by atoms with van der Waals surface area (Å²) in [4.78, 5) is 14.3. The predicted molar refractivity (Wildman–Crippen MR) is 154 cm³/mol. The van der Waals surface area contributed by atoms with E-state index < -0.39 is 0 Å². The summed E-state index contributed by atoms with van der Waals surface area (Å²) < 4.78 is 2.19. The van der Waals surface area contributed by atoms with Gasteiger partial charge in [-0.05, 0) is 49.4 Å². The number of anilines is 3. The van der Waals surface area contributed by atoms with Gasteiger partial charge in [-0.2, -0.15) is 15.1 Å². The van der Waals surface area contributed by atoms with Crippen LogP contribution in [-0.2, 0) is 6.54 Å². The van der Waals surface area contributed by atoms with Crippen LogP contribution in [0.5, 0.6) is 0 Å². The zero-order valence-electron chi connectivity index (χ0n) is 20.6. The van der Waals surface area contributed by atoms with E-state index in [2.05, 4.69) is 43.2 Å². The molecule has 0 amide bonds. The molecule has 2 saturated heterocycles. The molecule has 2 aromatic heterocycles. The molecule has 0 radical (unpaired) electrons. The number of nitrogens with zero attached hydrogens (tertiary/aromatic N) is 6. The lowest BCUT2D eigenvalue weighted by Gasteiger charge is -2.21. The molecule has 2 aliphatic rings. The van der Waals surface area contributed by atoms with Crippen LogP contribution in [0, 0.1) is 0 Å². The third-order valence-corrected chi connectivity index (χ3v) is 7.66. The standard InChI is InChI=1S/C28H29Cl2N7/c29-22-10-9-20(24(30)15-22)18-37-19-21(23-7-1-2-8-25(23)37)17-31-34-26-16-27(35-11-3-4-12-35)33-28(32-26)36-13-5-6-14-36/h1-2,7-10,15-17,19H,3-6,11-14,18H2,(H,32,33,34)/b31-17+. The highest BCUT2D eigenvalue weighted by Gasteiger charge is 2.20. The zero-order valence-corrected chi connectivity index (χ0v) is 22.1. The number of benzene rings is 2. The summed E-state index contributed by atoms with van der Waals surface area (Å²) in [7, 11) is 0. The molecule has 7 nitrogen and oxygen atoms in total. The van der Waals surface area contributed by atoms with Gasteiger partial charge in [0.1, 0.15) is 5.82 Å². The first-order valence-electron chi connectivity index (χ1n) is 12.8. The van der Waals surface area contributed by atoms with Crippen molar-refractivity contribution >= 4 is 57.9 Å². The van der Waals surface area contributed by atoms with Crippen LogP contribution in [0.1, 0.15) is 36.8 Å². The van der Waals surface area contributed by atoms with Gasteiger partial charge in [0, 0.05) is 71.5 Å². The monoisotopic (exact) mass is 533 g/mol. The maximum atomic E-state index is 6.46. The zero-order chi connectivity index (χ0) is 25.2. The summed E-state index contributed by atoms with van der Waals surface area (Å²) in [5, 5.41) is 7.00. The Hall–Kier alpha value is -3.29. The number of hydrazone groups is 1. The maximum Gasteiger partial charge on any atom is 0.229 e. The minimum atomic E-state index is 0.635. The van der Waals surface area contributed by atoms with E-state index in [0.29, 0.717) is 22.4 Å². The highest BCUT2D eigenvalue weighted by molar-refractivity contribution is 6.35. The van der Waals surface area contributed by atoms with Gasteiger partial charge >= 0.3 is 0 Å². The van der Waals surface area contributed by atoms with Crippen molar-refractivity contribution in [2.24, 2.45) is 5.10 Å². The quantitative estimate of drug-likeness (QED) is 0.219. The van der Waals surface area contributed by atoms with Crippen LogP contribution in [0.3, 0.4) is 0 Å². The van der Waals surface area contributed by atoms with Crippen molar-refractivity contribution in [3.8, 4) is 0 Å². The highest BCUT2D eigenvalue weighted by Crippen LogP contribution is 2.27. The van der Waals surface area contributed by atoms with Gasteiger partial charge in [-0.15, -0.1) is 0 Å². The van der Waals surface area contributed by atoms with E-state index in [4.69, 9.17) is 33.2 Å². The summed E-state index contributed by atoms with van der Waals surface area (Å²) in [6.07, 6.45) is 8.74. The second-order valence-electron chi connectivity index (χ2n) is 9.63. The topological polar surface area (TPSA) is 61.6 Å². The van der Waals surface area contributed by atoms with Crippen LogP contribution >= 0.6 is 23.2 Å². The van der Waals surface area contributed by atoms with Gasteiger partial charge in [0.2, 0.25) is 5.95 Å². The van der Waals surface area contributed by atoms with Crippen LogP contribution in [0.4, 0.5) is 17.6 Å². The van der Waals surface area contributed by atoms with E-state index in [9.17, 15) is 0 Å². The highest BCUT2D eigenvalue weighted by atomic mass is 35.5. The Morgan fingerprint density at radius 3 is 2.43 bits per heavy atom. The Bertz CT molecular complexity index is 1400. The van der Waals surface area contributed by atoms with E-state index in [0.717, 1.165) is 60.0 Å². The molecule has 2 fully saturated rings. The number of hydrogen-bond donors (Lipinski definition) is 1. The molecule has 1 N–H and O–H groups in total. The lowest BCUT2D eigenvalue weighted by molar-refractivity contribution is 0.836. The lowest BCUT2D eigenvalue weighted by Crippen LogP contribution is -2.24. The van der Waals surface area contributed by atoms with Crippen molar-refractivity contribution in [1.29, 1.82) is 0 Å². The number of fused-ring (bicyclic) bond motifs is 1. The molecule has 0 unspecified atom stereocenters. The Balaban J connectivity index is 1.27. The first kappa shape index (κ1) is 24.1. The third kappa shape index (κ3) is 5.24. The van der Waals surface area contributed by atoms with E-state index in [1.165, 1.54) is 25.7 Å². The van der Waals surface area contributed by atoms with Crippen molar-refractivity contribution in [3.63, 3.8) is 0 Å². The van der Waals surface area contributed by atoms with Crippen LogP contribution in [0.15, 0.2) is 59.8 Å². The van der Waals surface area contributed by atoms with Gasteiger partial charge in [-0.1, -0.05) is 47.5 Å². The van der Waals surface area contributed by atoms with Gasteiger partial charge < -0.3 is 14.4 Å². The van der Waals surface area contributed by atoms with Crippen LogP contribution in [0.2, 0.25) is 10.0 Å². The Morgan fingerprint density at radius 2 is 1.65 bits per heavy atom. The predicted octanol–water partition coefficient (Wildman–Crippen LogP) is 6.43. The summed E-state index contributed by atoms with van der Waals surface area (Å²) in [5.41, 5.74) is 6.32. The third-order valence-electron chi connectivity index (χ3n) is 7.08. The van der Waals surface area contributed by atoms with E-state index in [-0.39, 0.29) is 0 Å². The van der Waals surface area contributed by atoms with Gasteiger partial charge in [0.05, 0.1) is 6.21 Å². The molecule has 0 spiro atoms. The largest absolute Gasteiger partial charge is 0.356 e. The van der Waals surface area contributed by atoms with Crippen molar-refractivity contribution < 1.29 is 0 Å². The fourth-order valence-corrected chi connectivity index (χ4v) is 5.62. The number of para-hydroxylation sites is 1. The normalized spacial score (nSPS) is 15.9. The molecule has 2 aliphatic heterocycles. The van der Waals surface area contributed by atoms with E-state index in [1.54, 1.807) is 6.07 Å². The fourth-order valence-electron chi connectivity index (χ4n) is 5.16. The SMILES string of the molecule is Clc1ccc(Cn2cc(/C=N/Nc3cc(N4CCCC4)nc(N4CCCC4)n3)c3ccccc32)c(Cl)c1. The van der Waals surface area contributed by atoms with Gasteiger partial charge in [-0.25, -0.2) is 0 Å². The van der Waals surface area contributed by atoms with Crippen LogP contribution in [0.25, 0.3) is 10.9 Å². The molecule has 0 saturated carbocycles. The van der Waals surface area contributed by atoms with Crippen molar-refractivity contribution in [2.45, 2.75) is 32.2 Å². The number of halogens is 2. The van der Waals surface area contributed by atoms with Crippen LogP contribution < -0.4 is 15.2 Å². The molecule has 0 atom stereocenters. The minimum Gasteiger partial charge on any atom is -0.356 e. The van der Waals surface area contributed by atoms with Crippen molar-refractivity contribution in [2.75, 3.05) is 41.4 Å². The number of aromatic nitrogens is 3. The average Bonchev–Trinajstić information content (AvgIpc) is 3.68. The Morgan fingerprint density at radius 1 is 0.892 bits per heavy atom. The molecule has 37 heavy (non-hydrogen) atoms. The summed E-state index contributed by atoms with van der Waals surface area (Å²) in [5.74, 6) is 2.48. The van der Waals surface area contributed by atoms with E-state index in [1.807, 2.05) is 36.5 Å².